The van der Waals surface area contributed by atoms with Gasteiger partial charge in [0.2, 0.25) is 0 Å². The van der Waals surface area contributed by atoms with Gasteiger partial charge in [0.25, 0.3) is 0 Å². The van der Waals surface area contributed by atoms with E-state index in [-0.39, 0.29) is 5.82 Å². The lowest BCUT2D eigenvalue weighted by Crippen LogP contribution is -2.27. The molecule has 1 N–H and O–H groups in total. The number of nitrogens with one attached hydrogen (secondary N) is 1. The van der Waals surface area contributed by atoms with E-state index in [4.69, 9.17) is 0 Å². The highest BCUT2D eigenvalue weighted by atomic mass is 32.2. The van der Waals surface area contributed by atoms with Crippen LogP contribution in [0.4, 0.5) is 4.39 Å². The lowest BCUT2D eigenvalue weighted by molar-refractivity contribution is 0.385. The second-order valence-electron chi connectivity index (χ2n) is 4.67. The molecule has 0 radical (unpaired) electrons. The van der Waals surface area contributed by atoms with Crippen molar-refractivity contribution < 1.29 is 4.39 Å². The zero-order valence-corrected chi connectivity index (χ0v) is 11.1. The third-order valence-corrected chi connectivity index (χ3v) is 4.58. The van der Waals surface area contributed by atoms with Crippen LogP contribution in [0.3, 0.4) is 0 Å². The van der Waals surface area contributed by atoms with Crippen LogP contribution in [0.1, 0.15) is 24.3 Å². The van der Waals surface area contributed by atoms with Crippen LogP contribution in [0, 0.1) is 11.7 Å². The molecule has 0 aromatic heterocycles. The molecule has 0 bridgehead atoms. The van der Waals surface area contributed by atoms with E-state index in [1.54, 1.807) is 6.07 Å². The van der Waals surface area contributed by atoms with Gasteiger partial charge in [-0.25, -0.2) is 4.39 Å². The Bertz CT molecular complexity index is 350. The molecule has 1 aliphatic rings. The molecule has 1 aromatic rings. The number of likely N-dealkylation sites (N-methyl/N-ethyl adjacent to an activating group) is 1. The quantitative estimate of drug-likeness (QED) is 0.884. The molecule has 1 atom stereocenters. The normalized spacial score (nSPS) is 19.2. The minimum Gasteiger partial charge on any atom is -0.319 e. The Hall–Kier alpha value is -0.540. The van der Waals surface area contributed by atoms with Crippen molar-refractivity contribution in [2.24, 2.45) is 5.92 Å². The summed E-state index contributed by atoms with van der Waals surface area (Å²) >= 11 is 2.04. The number of rotatable bonds is 4. The van der Waals surface area contributed by atoms with Crippen molar-refractivity contribution in [3.63, 3.8) is 0 Å². The maximum absolute atomic E-state index is 13.3. The second-order valence-corrected chi connectivity index (χ2v) is 5.89. The van der Waals surface area contributed by atoms with Gasteiger partial charge in [0.15, 0.2) is 0 Å². The zero-order chi connectivity index (χ0) is 12.1. The van der Waals surface area contributed by atoms with Crippen molar-refractivity contribution in [3.05, 3.63) is 35.6 Å². The zero-order valence-electron chi connectivity index (χ0n) is 10.3. The van der Waals surface area contributed by atoms with Crippen molar-refractivity contribution in [1.82, 2.24) is 5.32 Å². The fourth-order valence-corrected chi connectivity index (χ4v) is 3.77. The van der Waals surface area contributed by atoms with Gasteiger partial charge >= 0.3 is 0 Å². The van der Waals surface area contributed by atoms with Crippen molar-refractivity contribution in [2.45, 2.75) is 18.8 Å². The van der Waals surface area contributed by atoms with Gasteiger partial charge in [0, 0.05) is 6.54 Å². The van der Waals surface area contributed by atoms with E-state index in [0.29, 0.717) is 11.8 Å². The van der Waals surface area contributed by atoms with Crippen LogP contribution in [0.5, 0.6) is 0 Å². The van der Waals surface area contributed by atoms with Crippen molar-refractivity contribution >= 4 is 11.8 Å². The van der Waals surface area contributed by atoms with Crippen LogP contribution in [0.2, 0.25) is 0 Å². The van der Waals surface area contributed by atoms with Crippen molar-refractivity contribution in [3.8, 4) is 0 Å². The van der Waals surface area contributed by atoms with Crippen LogP contribution in [0.15, 0.2) is 24.3 Å². The molecule has 17 heavy (non-hydrogen) atoms. The summed E-state index contributed by atoms with van der Waals surface area (Å²) in [5.74, 6) is 3.54. The largest absolute Gasteiger partial charge is 0.319 e. The minimum absolute atomic E-state index is 0.117. The molecule has 0 spiro atoms. The Morgan fingerprint density at radius 2 is 2.18 bits per heavy atom. The van der Waals surface area contributed by atoms with Crippen LogP contribution in [-0.2, 0) is 0 Å². The molecule has 1 aromatic carbocycles. The molecule has 1 aliphatic heterocycles. The van der Waals surface area contributed by atoms with E-state index in [1.165, 1.54) is 30.4 Å². The average molecular weight is 253 g/mol. The topological polar surface area (TPSA) is 12.0 Å². The fourth-order valence-electron chi connectivity index (χ4n) is 2.63. The smallest absolute Gasteiger partial charge is 0.123 e. The lowest BCUT2D eigenvalue weighted by Gasteiger charge is -2.30. The molecule has 1 unspecified atom stereocenters. The first-order valence-corrected chi connectivity index (χ1v) is 7.44. The van der Waals surface area contributed by atoms with E-state index in [1.807, 2.05) is 24.9 Å². The molecule has 94 valence electrons. The number of thioether (sulfide) groups is 1. The molecule has 1 nitrogen and oxygen atoms in total. The maximum atomic E-state index is 13.3. The first kappa shape index (κ1) is 12.9. The highest BCUT2D eigenvalue weighted by Crippen LogP contribution is 2.34. The summed E-state index contributed by atoms with van der Waals surface area (Å²) in [4.78, 5) is 0. The highest BCUT2D eigenvalue weighted by molar-refractivity contribution is 7.99. The number of benzene rings is 1. The first-order chi connectivity index (χ1) is 8.31. The number of hydrogen-bond donors (Lipinski definition) is 1. The summed E-state index contributed by atoms with van der Waals surface area (Å²) in [6.45, 7) is 0.943. The van der Waals surface area contributed by atoms with Crippen LogP contribution in [-0.4, -0.2) is 25.1 Å². The molecular weight excluding hydrogens is 233 g/mol. The summed E-state index contributed by atoms with van der Waals surface area (Å²) in [6, 6.07) is 7.11. The molecule has 3 heteroatoms. The minimum atomic E-state index is -0.117. The maximum Gasteiger partial charge on any atom is 0.123 e. The Morgan fingerprint density at radius 3 is 2.82 bits per heavy atom. The standard InChI is InChI=1S/C14H20FNS/c1-16-10-14(11-5-7-17-8-6-11)12-3-2-4-13(15)9-12/h2-4,9,11,14,16H,5-8,10H2,1H3. The molecular formula is C14H20FNS. The predicted octanol–water partition coefficient (Wildman–Crippen LogP) is 3.27. The van der Waals surface area contributed by atoms with Gasteiger partial charge in [-0.2, -0.15) is 11.8 Å². The Balaban J connectivity index is 2.15. The molecule has 2 rings (SSSR count). The van der Waals surface area contributed by atoms with E-state index in [9.17, 15) is 4.39 Å². The summed E-state index contributed by atoms with van der Waals surface area (Å²) in [7, 11) is 1.98. The van der Waals surface area contributed by atoms with Gasteiger partial charge in [-0.3, -0.25) is 0 Å². The van der Waals surface area contributed by atoms with E-state index < -0.39 is 0 Å². The Labute approximate surface area is 107 Å². The number of hydrogen-bond acceptors (Lipinski definition) is 2. The average Bonchev–Trinajstić information content (AvgIpc) is 2.37. The van der Waals surface area contributed by atoms with Gasteiger partial charge in [-0.1, -0.05) is 12.1 Å². The predicted molar refractivity (Wildman–Crippen MR) is 73.1 cm³/mol. The second kappa shape index (κ2) is 6.41. The van der Waals surface area contributed by atoms with Crippen molar-refractivity contribution in [2.75, 3.05) is 25.1 Å². The van der Waals surface area contributed by atoms with Gasteiger partial charge in [0.05, 0.1) is 0 Å². The summed E-state index contributed by atoms with van der Waals surface area (Å²) < 4.78 is 13.3. The summed E-state index contributed by atoms with van der Waals surface area (Å²) in [5.41, 5.74) is 1.15. The van der Waals surface area contributed by atoms with E-state index in [0.717, 1.165) is 12.1 Å². The number of halogens is 1. The Kier molecular flexibility index (Phi) is 4.86. The van der Waals surface area contributed by atoms with Gasteiger partial charge in [-0.15, -0.1) is 0 Å². The molecule has 0 saturated carbocycles. The van der Waals surface area contributed by atoms with Crippen LogP contribution in [0.25, 0.3) is 0 Å². The lowest BCUT2D eigenvalue weighted by atomic mass is 9.82. The molecule has 1 heterocycles. The van der Waals surface area contributed by atoms with E-state index >= 15 is 0 Å². The molecule has 1 fully saturated rings. The summed E-state index contributed by atoms with van der Waals surface area (Å²) in [6.07, 6.45) is 2.51. The highest BCUT2D eigenvalue weighted by Gasteiger charge is 2.24. The fraction of sp³-hybridized carbons (Fsp3) is 0.571. The molecule has 0 amide bonds. The third-order valence-electron chi connectivity index (χ3n) is 3.54. The van der Waals surface area contributed by atoms with Crippen LogP contribution < -0.4 is 5.32 Å². The van der Waals surface area contributed by atoms with Gasteiger partial charge in [-0.05, 0) is 60.9 Å². The van der Waals surface area contributed by atoms with Gasteiger partial charge < -0.3 is 5.32 Å². The SMILES string of the molecule is CNCC(c1cccc(F)c1)C1CCSCC1. The van der Waals surface area contributed by atoms with Crippen molar-refractivity contribution in [1.29, 1.82) is 0 Å². The monoisotopic (exact) mass is 253 g/mol. The molecule has 1 saturated heterocycles. The third kappa shape index (κ3) is 3.46. The summed E-state index contributed by atoms with van der Waals surface area (Å²) in [5, 5.41) is 3.25. The van der Waals surface area contributed by atoms with E-state index in [2.05, 4.69) is 11.4 Å². The van der Waals surface area contributed by atoms with Gasteiger partial charge in [0.1, 0.15) is 5.82 Å². The molecule has 0 aliphatic carbocycles. The van der Waals surface area contributed by atoms with Crippen LogP contribution >= 0.6 is 11.8 Å². The first-order valence-electron chi connectivity index (χ1n) is 6.29. The Morgan fingerprint density at radius 1 is 1.41 bits per heavy atom.